The van der Waals surface area contributed by atoms with Gasteiger partial charge in [0.05, 0.1) is 11.7 Å². The van der Waals surface area contributed by atoms with Crippen molar-refractivity contribution in [3.05, 3.63) is 52.4 Å². The molecule has 2 aromatic rings. The Kier molecular flexibility index (Phi) is 6.33. The highest BCUT2D eigenvalue weighted by molar-refractivity contribution is 8.00. The molecule has 2 aromatic heterocycles. The summed E-state index contributed by atoms with van der Waals surface area (Å²) in [5.41, 5.74) is 7.19. The second kappa shape index (κ2) is 9.19. The first-order valence-electron chi connectivity index (χ1n) is 9.77. The van der Waals surface area contributed by atoms with Crippen molar-refractivity contribution in [2.24, 2.45) is 5.16 Å². The Hall–Kier alpha value is -3.45. The zero-order chi connectivity index (χ0) is 23.7. The van der Waals surface area contributed by atoms with Crippen LogP contribution in [0.2, 0.25) is 0 Å². The van der Waals surface area contributed by atoms with Crippen LogP contribution >= 0.6 is 23.1 Å². The number of fused-ring (bicyclic) bond motifs is 1. The van der Waals surface area contributed by atoms with Gasteiger partial charge in [-0.05, 0) is 12.5 Å². The van der Waals surface area contributed by atoms with E-state index in [2.05, 4.69) is 15.5 Å². The van der Waals surface area contributed by atoms with Gasteiger partial charge in [0.25, 0.3) is 11.8 Å². The molecule has 0 bridgehead atoms. The number of oxime groups is 1. The Bertz CT molecular complexity index is 1180. The Morgan fingerprint density at radius 2 is 2.15 bits per heavy atom. The first-order valence-corrected chi connectivity index (χ1v) is 11.7. The minimum atomic E-state index is -1.43. The minimum absolute atomic E-state index is 0.135. The Labute approximate surface area is 196 Å². The predicted octanol–water partition coefficient (Wildman–Crippen LogP) is -1.22. The van der Waals surface area contributed by atoms with Crippen LogP contribution in [0.3, 0.4) is 0 Å². The zero-order valence-corrected chi connectivity index (χ0v) is 19.3. The van der Waals surface area contributed by atoms with E-state index in [0.717, 1.165) is 16.9 Å². The first kappa shape index (κ1) is 22.7. The van der Waals surface area contributed by atoms with E-state index in [1.54, 1.807) is 5.38 Å². The van der Waals surface area contributed by atoms with Crippen molar-refractivity contribution in [3.8, 4) is 0 Å². The fourth-order valence-corrected chi connectivity index (χ4v) is 5.44. The number of nitrogens with zero attached hydrogens (tertiary/aromatic N) is 4. The number of nitrogen functional groups attached to an aromatic ring is 1. The number of nitrogens with one attached hydrogen (secondary N) is 1. The number of pyridine rings is 1. The number of carbonyl (C=O) groups is 3. The number of thiazole rings is 1. The van der Waals surface area contributed by atoms with Crippen molar-refractivity contribution < 1.29 is 28.9 Å². The number of aryl methyl sites for hydroxylation is 1. The summed E-state index contributed by atoms with van der Waals surface area (Å²) < 4.78 is 1.84. The number of hydrogen-bond donors (Lipinski definition) is 2. The van der Waals surface area contributed by atoms with Gasteiger partial charge in [-0.2, -0.15) is 0 Å². The summed E-state index contributed by atoms with van der Waals surface area (Å²) >= 11 is 2.50. The van der Waals surface area contributed by atoms with E-state index in [-0.39, 0.29) is 22.2 Å². The molecule has 3 N–H and O–H groups in total. The maximum absolute atomic E-state index is 12.9. The predicted molar refractivity (Wildman–Crippen MR) is 119 cm³/mol. The van der Waals surface area contributed by atoms with Gasteiger partial charge in [-0.3, -0.25) is 14.5 Å². The van der Waals surface area contributed by atoms with Gasteiger partial charge < -0.3 is 25.8 Å². The highest BCUT2D eigenvalue weighted by Gasteiger charge is 2.53. The monoisotopic (exact) mass is 488 g/mol. The molecule has 0 aromatic carbocycles. The summed E-state index contributed by atoms with van der Waals surface area (Å²) in [5.74, 6) is -2.28. The van der Waals surface area contributed by atoms with Gasteiger partial charge in [0.15, 0.2) is 29.8 Å². The summed E-state index contributed by atoms with van der Waals surface area (Å²) in [6.07, 6.45) is 3.68. The fourth-order valence-electron chi connectivity index (χ4n) is 3.55. The van der Waals surface area contributed by atoms with Crippen LogP contribution in [0.25, 0.3) is 0 Å². The van der Waals surface area contributed by atoms with Crippen molar-refractivity contribution in [2.75, 3.05) is 18.6 Å². The van der Waals surface area contributed by atoms with Crippen LogP contribution in [0.15, 0.2) is 46.3 Å². The van der Waals surface area contributed by atoms with Crippen LogP contribution in [-0.4, -0.2) is 57.7 Å². The molecule has 1 fully saturated rings. The highest BCUT2D eigenvalue weighted by atomic mass is 32.2. The molecule has 172 valence electrons. The van der Waals surface area contributed by atoms with Crippen LogP contribution in [0.4, 0.5) is 5.13 Å². The minimum Gasteiger partial charge on any atom is -0.543 e. The third kappa shape index (κ3) is 4.41. The van der Waals surface area contributed by atoms with E-state index < -0.39 is 29.2 Å². The van der Waals surface area contributed by atoms with E-state index >= 15 is 0 Å². The number of thioether (sulfide) groups is 1. The lowest BCUT2D eigenvalue weighted by atomic mass is 10.0. The maximum atomic E-state index is 12.9. The Morgan fingerprint density at radius 3 is 2.76 bits per heavy atom. The smallest absolute Gasteiger partial charge is 0.276 e. The highest BCUT2D eigenvalue weighted by Crippen LogP contribution is 2.40. The number of aliphatic carboxylic acids is 1. The van der Waals surface area contributed by atoms with Crippen LogP contribution in [0.1, 0.15) is 11.3 Å². The summed E-state index contributed by atoms with van der Waals surface area (Å²) in [4.78, 5) is 47.5. The number of carbonyl (C=O) groups excluding carboxylic acids is 3. The first-order chi connectivity index (χ1) is 15.8. The molecule has 0 aliphatic carbocycles. The van der Waals surface area contributed by atoms with Gasteiger partial charge in [-0.25, -0.2) is 9.55 Å². The molecular formula is C20H20N6O5S2. The second-order valence-electron chi connectivity index (χ2n) is 7.34. The number of amides is 2. The lowest BCUT2D eigenvalue weighted by molar-refractivity contribution is -0.689. The molecule has 2 aliphatic rings. The molecule has 1 saturated heterocycles. The Balaban J connectivity index is 1.53. The zero-order valence-electron chi connectivity index (χ0n) is 17.7. The van der Waals surface area contributed by atoms with E-state index in [9.17, 15) is 19.5 Å². The summed E-state index contributed by atoms with van der Waals surface area (Å²) in [6, 6.07) is 2.89. The van der Waals surface area contributed by atoms with Crippen molar-refractivity contribution in [3.63, 3.8) is 0 Å². The fraction of sp³-hybridized carbons (Fsp3) is 0.300. The van der Waals surface area contributed by atoms with E-state index in [4.69, 9.17) is 10.6 Å². The largest absolute Gasteiger partial charge is 0.543 e. The lowest BCUT2D eigenvalue weighted by Crippen LogP contribution is -2.71. The Morgan fingerprint density at radius 1 is 1.42 bits per heavy atom. The molecule has 0 radical (unpaired) electrons. The van der Waals surface area contributed by atoms with Crippen LogP contribution in [0, 0.1) is 6.92 Å². The van der Waals surface area contributed by atoms with Crippen LogP contribution < -0.4 is 20.7 Å². The lowest BCUT2D eigenvalue weighted by Gasteiger charge is -2.50. The van der Waals surface area contributed by atoms with Crippen molar-refractivity contribution >= 4 is 51.7 Å². The van der Waals surface area contributed by atoms with E-state index in [0.29, 0.717) is 17.9 Å². The van der Waals surface area contributed by atoms with Gasteiger partial charge in [-0.1, -0.05) is 5.16 Å². The van der Waals surface area contributed by atoms with Gasteiger partial charge in [0.1, 0.15) is 24.2 Å². The van der Waals surface area contributed by atoms with Gasteiger partial charge in [0.2, 0.25) is 0 Å². The summed E-state index contributed by atoms with van der Waals surface area (Å²) in [6.45, 7) is 2.26. The third-order valence-electron chi connectivity index (χ3n) is 5.12. The molecule has 4 heterocycles. The standard InChI is InChI=1S/C20H20N6O5S2/c1-10-3-5-25(6-4-10)7-11-8-32-18-14(17(28)26(18)15(11)19(29)30)23-16(27)13(24-31-2)12-9-33-20(21)22-12/h3-6,9,14,18H,7-8H2,1-2H3,(H3-,21,22,23,27,29,30)/b24-13-/t14-,18-/m1/s1. The molecule has 0 saturated carbocycles. The SMILES string of the molecule is CO/N=C(\C(=O)N[C@@H]1C(=O)N2C(C(=O)[O-])=C(C[n+]3ccc(C)cc3)CS[C@H]12)c1csc(N)n1. The maximum Gasteiger partial charge on any atom is 0.276 e. The van der Waals surface area contributed by atoms with Crippen molar-refractivity contribution in [1.29, 1.82) is 0 Å². The average molecular weight is 489 g/mol. The molecule has 33 heavy (non-hydrogen) atoms. The second-order valence-corrected chi connectivity index (χ2v) is 9.34. The number of rotatable bonds is 7. The molecular weight excluding hydrogens is 468 g/mol. The number of β-lactam (4-membered cyclic amide) rings is 1. The van der Waals surface area contributed by atoms with Gasteiger partial charge >= 0.3 is 0 Å². The molecule has 0 unspecified atom stereocenters. The van der Waals surface area contributed by atoms with E-state index in [1.165, 1.54) is 23.8 Å². The third-order valence-corrected chi connectivity index (χ3v) is 7.13. The normalized spacial score (nSPS) is 20.2. The molecule has 4 rings (SSSR count). The quantitative estimate of drug-likeness (QED) is 0.213. The molecule has 13 heteroatoms. The average Bonchev–Trinajstić information content (AvgIpc) is 3.22. The number of carboxylic acid groups (broad SMARTS) is 1. The van der Waals surface area contributed by atoms with Gasteiger partial charge in [0, 0.05) is 28.8 Å². The van der Waals surface area contributed by atoms with Crippen molar-refractivity contribution in [2.45, 2.75) is 24.9 Å². The number of nitrogens with two attached hydrogens (primary N) is 1. The molecule has 11 nitrogen and oxygen atoms in total. The van der Waals surface area contributed by atoms with E-state index in [1.807, 2.05) is 36.0 Å². The molecule has 0 spiro atoms. The number of anilines is 1. The van der Waals surface area contributed by atoms with Crippen LogP contribution in [0.5, 0.6) is 0 Å². The molecule has 2 amide bonds. The molecule has 2 atom stereocenters. The summed E-state index contributed by atoms with van der Waals surface area (Å²) in [5, 5.41) is 19.5. The topological polar surface area (TPSA) is 154 Å². The summed E-state index contributed by atoms with van der Waals surface area (Å²) in [7, 11) is 1.28. The van der Waals surface area contributed by atoms with Crippen LogP contribution in [-0.2, 0) is 25.8 Å². The number of carboxylic acids is 1. The van der Waals surface area contributed by atoms with Gasteiger partial charge in [-0.15, -0.1) is 23.1 Å². The molecule has 2 aliphatic heterocycles. The number of hydrogen-bond acceptors (Lipinski definition) is 10. The van der Waals surface area contributed by atoms with Crippen molar-refractivity contribution in [1.82, 2.24) is 15.2 Å². The number of aromatic nitrogens is 2.